The molecule has 1 aromatic rings. The van der Waals surface area contributed by atoms with Crippen LogP contribution in [0.5, 0.6) is 11.5 Å². The maximum atomic E-state index is 11.5. The first-order chi connectivity index (χ1) is 10.4. The number of aromatic hydroxyl groups is 2. The molecule has 0 aliphatic rings. The minimum Gasteiger partial charge on any atom is -0.504 e. The number of unbranched alkanes of at least 4 members (excludes halogenated alkanes) is 1. The third kappa shape index (κ3) is 6.27. The molecule has 0 saturated heterocycles. The van der Waals surface area contributed by atoms with Crippen LogP contribution >= 0.6 is 0 Å². The molecule has 7 heteroatoms. The van der Waals surface area contributed by atoms with Gasteiger partial charge in [-0.15, -0.1) is 0 Å². The number of hydrogen-bond donors (Lipinski definition) is 5. The van der Waals surface area contributed by atoms with E-state index in [1.165, 1.54) is 24.3 Å². The van der Waals surface area contributed by atoms with Crippen molar-refractivity contribution < 1.29 is 24.9 Å². The van der Waals surface area contributed by atoms with Crippen LogP contribution in [0.2, 0.25) is 0 Å². The highest BCUT2D eigenvalue weighted by Crippen LogP contribution is 2.25. The lowest BCUT2D eigenvalue weighted by molar-refractivity contribution is -0.138. The average molecular weight is 308 g/mol. The Labute approximate surface area is 128 Å². The van der Waals surface area contributed by atoms with Gasteiger partial charge < -0.3 is 26.4 Å². The second-order valence-corrected chi connectivity index (χ2v) is 4.81. The van der Waals surface area contributed by atoms with Crippen molar-refractivity contribution >= 4 is 18.0 Å². The van der Waals surface area contributed by atoms with E-state index in [1.807, 2.05) is 0 Å². The molecular weight excluding hydrogens is 288 g/mol. The van der Waals surface area contributed by atoms with Crippen LogP contribution in [0.15, 0.2) is 24.3 Å². The van der Waals surface area contributed by atoms with Crippen molar-refractivity contribution in [1.29, 1.82) is 0 Å². The number of amides is 1. The molecule has 0 heterocycles. The summed E-state index contributed by atoms with van der Waals surface area (Å²) in [7, 11) is 0. The lowest BCUT2D eigenvalue weighted by Gasteiger charge is -2.06. The average Bonchev–Trinajstić information content (AvgIpc) is 2.47. The first-order valence-corrected chi connectivity index (χ1v) is 6.86. The van der Waals surface area contributed by atoms with Crippen LogP contribution in [-0.2, 0) is 9.59 Å². The molecule has 6 N–H and O–H groups in total. The number of hydrogen-bond acceptors (Lipinski definition) is 5. The molecule has 1 unspecified atom stereocenters. The molecule has 0 aliphatic heterocycles. The van der Waals surface area contributed by atoms with Gasteiger partial charge in [0, 0.05) is 12.6 Å². The molecule has 0 spiro atoms. The van der Waals surface area contributed by atoms with Crippen molar-refractivity contribution in [2.45, 2.75) is 25.3 Å². The number of carboxylic acids is 1. The van der Waals surface area contributed by atoms with Gasteiger partial charge in [-0.2, -0.15) is 0 Å². The number of nitrogens with one attached hydrogen (secondary N) is 1. The van der Waals surface area contributed by atoms with Gasteiger partial charge in [-0.05, 0) is 43.0 Å². The van der Waals surface area contributed by atoms with Gasteiger partial charge in [-0.1, -0.05) is 6.07 Å². The molecule has 0 aromatic heterocycles. The SMILES string of the molecule is NC(CCCCNC(=O)C=Cc1ccc(O)c(O)c1)C(=O)O. The zero-order valence-electron chi connectivity index (χ0n) is 12.0. The van der Waals surface area contributed by atoms with Gasteiger partial charge in [0.2, 0.25) is 5.91 Å². The Bertz CT molecular complexity index is 557. The van der Waals surface area contributed by atoms with Crippen molar-refractivity contribution in [1.82, 2.24) is 5.32 Å². The molecule has 1 amide bonds. The summed E-state index contributed by atoms with van der Waals surface area (Å²) in [6.45, 7) is 0.427. The summed E-state index contributed by atoms with van der Waals surface area (Å²) in [6.07, 6.45) is 4.45. The number of carbonyl (C=O) groups is 2. The predicted octanol–water partition coefficient (Wildman–Crippen LogP) is 0.809. The van der Waals surface area contributed by atoms with E-state index in [0.29, 0.717) is 31.4 Å². The van der Waals surface area contributed by atoms with E-state index in [4.69, 9.17) is 15.9 Å². The number of rotatable bonds is 8. The van der Waals surface area contributed by atoms with Crippen LogP contribution in [0.1, 0.15) is 24.8 Å². The smallest absolute Gasteiger partial charge is 0.320 e. The second kappa shape index (κ2) is 8.68. The number of phenolic OH excluding ortho intramolecular Hbond substituents is 2. The minimum absolute atomic E-state index is 0.221. The van der Waals surface area contributed by atoms with Crippen molar-refractivity contribution in [3.05, 3.63) is 29.8 Å². The van der Waals surface area contributed by atoms with Gasteiger partial charge in [0.25, 0.3) is 0 Å². The summed E-state index contributed by atoms with van der Waals surface area (Å²) >= 11 is 0. The first kappa shape index (κ1) is 17.5. The van der Waals surface area contributed by atoms with Crippen molar-refractivity contribution in [3.63, 3.8) is 0 Å². The summed E-state index contributed by atoms with van der Waals surface area (Å²) in [5.74, 6) is -1.79. The van der Waals surface area contributed by atoms with E-state index in [0.717, 1.165) is 0 Å². The Balaban J connectivity index is 2.27. The van der Waals surface area contributed by atoms with Crippen LogP contribution in [0.25, 0.3) is 6.08 Å². The van der Waals surface area contributed by atoms with Gasteiger partial charge in [0.05, 0.1) is 0 Å². The van der Waals surface area contributed by atoms with Crippen LogP contribution in [-0.4, -0.2) is 39.8 Å². The Morgan fingerprint density at radius 2 is 1.95 bits per heavy atom. The van der Waals surface area contributed by atoms with E-state index in [9.17, 15) is 14.7 Å². The number of aliphatic carboxylic acids is 1. The summed E-state index contributed by atoms with van der Waals surface area (Å²) < 4.78 is 0. The molecule has 120 valence electrons. The molecule has 0 fully saturated rings. The highest BCUT2D eigenvalue weighted by atomic mass is 16.4. The molecule has 0 saturated carbocycles. The highest BCUT2D eigenvalue weighted by molar-refractivity contribution is 5.91. The minimum atomic E-state index is -1.02. The van der Waals surface area contributed by atoms with Gasteiger partial charge >= 0.3 is 5.97 Å². The van der Waals surface area contributed by atoms with E-state index >= 15 is 0 Å². The van der Waals surface area contributed by atoms with Crippen LogP contribution in [0, 0.1) is 0 Å². The molecular formula is C15H20N2O5. The zero-order valence-corrected chi connectivity index (χ0v) is 12.0. The van der Waals surface area contributed by atoms with Crippen molar-refractivity contribution in [2.24, 2.45) is 5.73 Å². The first-order valence-electron chi connectivity index (χ1n) is 6.86. The molecule has 1 rings (SSSR count). The highest BCUT2D eigenvalue weighted by Gasteiger charge is 2.09. The molecule has 0 radical (unpaired) electrons. The normalized spacial score (nSPS) is 12.2. The molecule has 1 aromatic carbocycles. The molecule has 22 heavy (non-hydrogen) atoms. The number of nitrogens with two attached hydrogens (primary N) is 1. The quantitative estimate of drug-likeness (QED) is 0.274. The largest absolute Gasteiger partial charge is 0.504 e. The summed E-state index contributed by atoms with van der Waals surface area (Å²) in [6, 6.07) is 3.37. The third-order valence-corrected chi connectivity index (χ3v) is 2.98. The number of carboxylic acid groups (broad SMARTS) is 1. The Kier molecular flexibility index (Phi) is 6.91. The van der Waals surface area contributed by atoms with Crippen LogP contribution < -0.4 is 11.1 Å². The monoisotopic (exact) mass is 308 g/mol. The Hall–Kier alpha value is -2.54. The molecule has 0 aliphatic carbocycles. The summed E-state index contributed by atoms with van der Waals surface area (Å²) in [5, 5.41) is 29.7. The van der Waals surface area contributed by atoms with E-state index < -0.39 is 12.0 Å². The summed E-state index contributed by atoms with van der Waals surface area (Å²) in [5.41, 5.74) is 5.94. The Morgan fingerprint density at radius 3 is 2.59 bits per heavy atom. The van der Waals surface area contributed by atoms with Gasteiger partial charge in [0.1, 0.15) is 6.04 Å². The van der Waals surface area contributed by atoms with E-state index in [1.54, 1.807) is 6.07 Å². The second-order valence-electron chi connectivity index (χ2n) is 4.81. The molecule has 1 atom stereocenters. The topological polar surface area (TPSA) is 133 Å². The summed E-state index contributed by atoms with van der Waals surface area (Å²) in [4.78, 5) is 22.0. The van der Waals surface area contributed by atoms with Crippen molar-refractivity contribution in [2.75, 3.05) is 6.54 Å². The Morgan fingerprint density at radius 1 is 1.23 bits per heavy atom. The lowest BCUT2D eigenvalue weighted by atomic mass is 10.1. The lowest BCUT2D eigenvalue weighted by Crippen LogP contribution is -2.30. The zero-order chi connectivity index (χ0) is 16.5. The third-order valence-electron chi connectivity index (χ3n) is 2.98. The fourth-order valence-corrected chi connectivity index (χ4v) is 1.70. The molecule has 7 nitrogen and oxygen atoms in total. The van der Waals surface area contributed by atoms with Gasteiger partial charge in [-0.25, -0.2) is 0 Å². The fourth-order valence-electron chi connectivity index (χ4n) is 1.70. The predicted molar refractivity (Wildman–Crippen MR) is 81.3 cm³/mol. The fraction of sp³-hybridized carbons (Fsp3) is 0.333. The maximum Gasteiger partial charge on any atom is 0.320 e. The standard InChI is InChI=1S/C15H20N2O5/c16-11(15(21)22)3-1-2-8-17-14(20)7-5-10-4-6-12(18)13(19)9-10/h4-7,9,11,18-19H,1-3,8,16H2,(H,17,20)(H,21,22). The number of phenols is 2. The number of carbonyl (C=O) groups excluding carboxylic acids is 1. The molecule has 0 bridgehead atoms. The van der Waals surface area contributed by atoms with Gasteiger partial charge in [-0.3, -0.25) is 9.59 Å². The van der Waals surface area contributed by atoms with E-state index in [-0.39, 0.29) is 17.4 Å². The number of benzene rings is 1. The van der Waals surface area contributed by atoms with Crippen molar-refractivity contribution in [3.8, 4) is 11.5 Å². The van der Waals surface area contributed by atoms with Crippen LogP contribution in [0.3, 0.4) is 0 Å². The van der Waals surface area contributed by atoms with E-state index in [2.05, 4.69) is 5.32 Å². The maximum absolute atomic E-state index is 11.5. The van der Waals surface area contributed by atoms with Crippen LogP contribution in [0.4, 0.5) is 0 Å². The van der Waals surface area contributed by atoms with Gasteiger partial charge in [0.15, 0.2) is 11.5 Å².